The summed E-state index contributed by atoms with van der Waals surface area (Å²) in [4.78, 5) is 13.3. The van der Waals surface area contributed by atoms with E-state index in [1.807, 2.05) is 6.92 Å². The average Bonchev–Trinajstić information content (AvgIpc) is 2.42. The fraction of sp³-hybridized carbons (Fsp3) is 0.462. The molecule has 1 amide bonds. The minimum Gasteiger partial charge on any atom is -0.497 e. The lowest BCUT2D eigenvalue weighted by Crippen LogP contribution is -2.36. The van der Waals surface area contributed by atoms with E-state index >= 15 is 0 Å². The van der Waals surface area contributed by atoms with Gasteiger partial charge in [-0.2, -0.15) is 0 Å². The first kappa shape index (κ1) is 14.3. The number of rotatable bonds is 7. The Kier molecular flexibility index (Phi) is 6.00. The molecule has 100 valence electrons. The molecule has 1 aromatic rings. The van der Waals surface area contributed by atoms with E-state index in [1.165, 1.54) is 0 Å². The number of nitrogens with zero attached hydrogens (tertiary/aromatic N) is 1. The Morgan fingerprint density at radius 2 is 2.11 bits per heavy atom. The zero-order valence-corrected chi connectivity index (χ0v) is 10.8. The predicted octanol–water partition coefficient (Wildman–Crippen LogP) is 0.915. The summed E-state index contributed by atoms with van der Waals surface area (Å²) >= 11 is 0. The molecule has 0 heterocycles. The summed E-state index contributed by atoms with van der Waals surface area (Å²) in [5.74, 6) is 1.12. The van der Waals surface area contributed by atoms with Crippen LogP contribution >= 0.6 is 0 Å². The monoisotopic (exact) mass is 253 g/mol. The van der Waals surface area contributed by atoms with E-state index < -0.39 is 0 Å². The SMILES string of the molecule is CCN(CCO)C(=O)COc1cccc(OC)c1. The van der Waals surface area contributed by atoms with Crippen molar-refractivity contribution in [3.8, 4) is 11.5 Å². The van der Waals surface area contributed by atoms with Gasteiger partial charge in [0.25, 0.3) is 5.91 Å². The van der Waals surface area contributed by atoms with E-state index in [0.717, 1.165) is 0 Å². The Bertz CT molecular complexity index is 381. The van der Waals surface area contributed by atoms with Crippen molar-refractivity contribution in [1.29, 1.82) is 0 Å². The van der Waals surface area contributed by atoms with Crippen molar-refractivity contribution in [2.45, 2.75) is 6.92 Å². The Labute approximate surface area is 107 Å². The molecule has 0 spiro atoms. The molecule has 0 unspecified atom stereocenters. The van der Waals surface area contributed by atoms with E-state index in [0.29, 0.717) is 24.6 Å². The highest BCUT2D eigenvalue weighted by molar-refractivity contribution is 5.77. The van der Waals surface area contributed by atoms with Gasteiger partial charge in [0, 0.05) is 19.2 Å². The molecular formula is C13H19NO4. The number of aliphatic hydroxyl groups excluding tert-OH is 1. The van der Waals surface area contributed by atoms with Crippen LogP contribution in [0.4, 0.5) is 0 Å². The number of likely N-dealkylation sites (N-methyl/N-ethyl adjacent to an activating group) is 1. The number of hydrogen-bond donors (Lipinski definition) is 1. The van der Waals surface area contributed by atoms with Crippen LogP contribution in [-0.4, -0.2) is 49.3 Å². The molecule has 0 saturated heterocycles. The van der Waals surface area contributed by atoms with Crippen molar-refractivity contribution in [1.82, 2.24) is 4.90 Å². The lowest BCUT2D eigenvalue weighted by atomic mass is 10.3. The van der Waals surface area contributed by atoms with Gasteiger partial charge in [0.15, 0.2) is 6.61 Å². The van der Waals surface area contributed by atoms with Crippen LogP contribution in [0.2, 0.25) is 0 Å². The highest BCUT2D eigenvalue weighted by Crippen LogP contribution is 2.18. The first-order chi connectivity index (χ1) is 8.71. The number of aliphatic hydroxyl groups is 1. The fourth-order valence-corrected chi connectivity index (χ4v) is 1.51. The Morgan fingerprint density at radius 1 is 1.39 bits per heavy atom. The van der Waals surface area contributed by atoms with Crippen LogP contribution in [0.1, 0.15) is 6.92 Å². The number of benzene rings is 1. The molecule has 0 atom stereocenters. The topological polar surface area (TPSA) is 59.0 Å². The number of hydrogen-bond acceptors (Lipinski definition) is 4. The van der Waals surface area contributed by atoms with Crippen molar-refractivity contribution in [3.63, 3.8) is 0 Å². The maximum Gasteiger partial charge on any atom is 0.260 e. The van der Waals surface area contributed by atoms with Crippen LogP contribution in [0.25, 0.3) is 0 Å². The van der Waals surface area contributed by atoms with Crippen LogP contribution in [0.15, 0.2) is 24.3 Å². The van der Waals surface area contributed by atoms with Gasteiger partial charge in [-0.3, -0.25) is 4.79 Å². The minimum atomic E-state index is -0.144. The molecule has 5 heteroatoms. The van der Waals surface area contributed by atoms with Gasteiger partial charge in [-0.25, -0.2) is 0 Å². The molecule has 1 N–H and O–H groups in total. The van der Waals surface area contributed by atoms with E-state index in [9.17, 15) is 4.79 Å². The number of carbonyl (C=O) groups excluding carboxylic acids is 1. The molecule has 1 rings (SSSR count). The number of methoxy groups -OCH3 is 1. The minimum absolute atomic E-state index is 0.0407. The Hall–Kier alpha value is -1.75. The van der Waals surface area contributed by atoms with Gasteiger partial charge in [-0.1, -0.05) is 6.07 Å². The summed E-state index contributed by atoms with van der Waals surface area (Å²) in [5, 5.41) is 8.82. The Morgan fingerprint density at radius 3 is 2.72 bits per heavy atom. The Balaban J connectivity index is 2.50. The van der Waals surface area contributed by atoms with Crippen LogP contribution in [-0.2, 0) is 4.79 Å². The van der Waals surface area contributed by atoms with Crippen molar-refractivity contribution in [2.24, 2.45) is 0 Å². The highest BCUT2D eigenvalue weighted by Gasteiger charge is 2.11. The predicted molar refractivity (Wildman–Crippen MR) is 67.8 cm³/mol. The highest BCUT2D eigenvalue weighted by atomic mass is 16.5. The molecule has 0 aromatic heterocycles. The second kappa shape index (κ2) is 7.55. The molecule has 0 aliphatic heterocycles. The number of amides is 1. The fourth-order valence-electron chi connectivity index (χ4n) is 1.51. The van der Waals surface area contributed by atoms with Gasteiger partial charge in [-0.05, 0) is 19.1 Å². The van der Waals surface area contributed by atoms with Gasteiger partial charge in [0.2, 0.25) is 0 Å². The second-order valence-corrected chi connectivity index (χ2v) is 3.66. The summed E-state index contributed by atoms with van der Waals surface area (Å²) in [5.41, 5.74) is 0. The van der Waals surface area contributed by atoms with E-state index in [4.69, 9.17) is 14.6 Å². The molecule has 0 fully saturated rings. The largest absolute Gasteiger partial charge is 0.497 e. The molecule has 1 aromatic carbocycles. The maximum absolute atomic E-state index is 11.8. The van der Waals surface area contributed by atoms with Gasteiger partial charge >= 0.3 is 0 Å². The lowest BCUT2D eigenvalue weighted by molar-refractivity contribution is -0.133. The molecule has 0 bridgehead atoms. The molecule has 0 saturated carbocycles. The van der Waals surface area contributed by atoms with Crippen LogP contribution in [0.3, 0.4) is 0 Å². The molecular weight excluding hydrogens is 234 g/mol. The standard InChI is InChI=1S/C13H19NO4/c1-3-14(7-8-15)13(16)10-18-12-6-4-5-11(9-12)17-2/h4-6,9,15H,3,7-8,10H2,1-2H3. The number of carbonyl (C=O) groups is 1. The van der Waals surface area contributed by atoms with E-state index in [1.54, 1.807) is 36.3 Å². The lowest BCUT2D eigenvalue weighted by Gasteiger charge is -2.19. The summed E-state index contributed by atoms with van der Waals surface area (Å²) < 4.78 is 10.4. The zero-order valence-electron chi connectivity index (χ0n) is 10.8. The van der Waals surface area contributed by atoms with E-state index in [2.05, 4.69) is 0 Å². The quantitative estimate of drug-likeness (QED) is 0.785. The van der Waals surface area contributed by atoms with Crippen LogP contribution in [0, 0.1) is 0 Å². The van der Waals surface area contributed by atoms with Crippen molar-refractivity contribution < 1.29 is 19.4 Å². The third-order valence-corrected chi connectivity index (χ3v) is 2.51. The summed E-state index contributed by atoms with van der Waals surface area (Å²) in [6.07, 6.45) is 0. The second-order valence-electron chi connectivity index (χ2n) is 3.66. The maximum atomic E-state index is 11.8. The molecule has 5 nitrogen and oxygen atoms in total. The summed E-state index contributed by atoms with van der Waals surface area (Å²) in [6.45, 7) is 2.66. The normalized spacial score (nSPS) is 9.94. The third-order valence-electron chi connectivity index (χ3n) is 2.51. The number of ether oxygens (including phenoxy) is 2. The van der Waals surface area contributed by atoms with Gasteiger partial charge in [-0.15, -0.1) is 0 Å². The molecule has 18 heavy (non-hydrogen) atoms. The molecule has 0 radical (unpaired) electrons. The van der Waals surface area contributed by atoms with Crippen molar-refractivity contribution in [2.75, 3.05) is 33.4 Å². The first-order valence-electron chi connectivity index (χ1n) is 5.86. The average molecular weight is 253 g/mol. The van der Waals surface area contributed by atoms with Crippen molar-refractivity contribution in [3.05, 3.63) is 24.3 Å². The van der Waals surface area contributed by atoms with Crippen LogP contribution < -0.4 is 9.47 Å². The van der Waals surface area contributed by atoms with Gasteiger partial charge in [0.05, 0.1) is 13.7 Å². The first-order valence-corrected chi connectivity index (χ1v) is 5.86. The molecule has 0 aliphatic carbocycles. The van der Waals surface area contributed by atoms with Crippen molar-refractivity contribution >= 4 is 5.91 Å². The summed E-state index contributed by atoms with van der Waals surface area (Å²) in [6, 6.07) is 7.08. The zero-order chi connectivity index (χ0) is 13.4. The van der Waals surface area contributed by atoms with Gasteiger partial charge in [0.1, 0.15) is 11.5 Å². The van der Waals surface area contributed by atoms with Gasteiger partial charge < -0.3 is 19.5 Å². The third kappa shape index (κ3) is 4.25. The van der Waals surface area contributed by atoms with Crippen LogP contribution in [0.5, 0.6) is 11.5 Å². The smallest absolute Gasteiger partial charge is 0.260 e. The molecule has 0 aliphatic rings. The van der Waals surface area contributed by atoms with E-state index in [-0.39, 0.29) is 19.1 Å². The summed E-state index contributed by atoms with van der Waals surface area (Å²) in [7, 11) is 1.57.